The van der Waals surface area contributed by atoms with Gasteiger partial charge in [0, 0.05) is 25.0 Å². The molecule has 2 rings (SSSR count). The largest absolute Gasteiger partial charge is 0.300 e. The number of rotatable bonds is 11. The number of alkyl halides is 2. The molecule has 0 amide bonds. The number of carbonyl (C=O) groups excluding carboxylic acids is 2. The van der Waals surface area contributed by atoms with E-state index in [1.807, 2.05) is 0 Å². The molecule has 1 aromatic carbocycles. The molecule has 8 nitrogen and oxygen atoms in total. The third-order valence-corrected chi connectivity index (χ3v) is 4.87. The van der Waals surface area contributed by atoms with Crippen LogP contribution in [-0.4, -0.2) is 38.7 Å². The smallest absolute Gasteiger partial charge is 0.266 e. The SMILES string of the molecule is CC(=O)CCC(=O)CCCSc1nonc1C(=Nc1ccc(F)c(C(F)F)c1)NO. The number of Topliss-reactive ketones (excluding diaryl/α,β-unsaturated/α-hetero) is 2. The maximum atomic E-state index is 13.4. The summed E-state index contributed by atoms with van der Waals surface area (Å²) >= 11 is 1.19. The highest BCUT2D eigenvalue weighted by molar-refractivity contribution is 7.99. The number of nitrogens with one attached hydrogen (secondary N) is 1. The van der Waals surface area contributed by atoms with Gasteiger partial charge in [-0.2, -0.15) is 0 Å². The van der Waals surface area contributed by atoms with Crippen LogP contribution in [0, 0.1) is 5.82 Å². The number of nitrogens with zero attached hydrogens (tertiary/aromatic N) is 3. The van der Waals surface area contributed by atoms with Crippen molar-refractivity contribution in [1.29, 1.82) is 0 Å². The summed E-state index contributed by atoms with van der Waals surface area (Å²) in [5.41, 5.74) is 0.955. The monoisotopic (exact) mass is 444 g/mol. The van der Waals surface area contributed by atoms with Crippen molar-refractivity contribution >= 4 is 34.9 Å². The van der Waals surface area contributed by atoms with E-state index in [1.54, 1.807) is 5.48 Å². The number of hydroxylamine groups is 1. The topological polar surface area (TPSA) is 118 Å². The first-order valence-electron chi connectivity index (χ1n) is 8.85. The fraction of sp³-hybridized carbons (Fsp3) is 0.389. The summed E-state index contributed by atoms with van der Waals surface area (Å²) < 4.78 is 43.8. The maximum absolute atomic E-state index is 13.4. The number of halogens is 3. The van der Waals surface area contributed by atoms with E-state index in [2.05, 4.69) is 19.9 Å². The number of hydrogen-bond acceptors (Lipinski definition) is 8. The molecule has 0 unspecified atom stereocenters. The van der Waals surface area contributed by atoms with Crippen molar-refractivity contribution in [2.75, 3.05) is 5.75 Å². The van der Waals surface area contributed by atoms with Crippen LogP contribution in [0.5, 0.6) is 0 Å². The fourth-order valence-electron chi connectivity index (χ4n) is 2.33. The van der Waals surface area contributed by atoms with E-state index < -0.39 is 17.8 Å². The second-order valence-electron chi connectivity index (χ2n) is 6.19. The summed E-state index contributed by atoms with van der Waals surface area (Å²) in [4.78, 5) is 26.5. The maximum Gasteiger partial charge on any atom is 0.266 e. The Hall–Kier alpha value is -2.73. The van der Waals surface area contributed by atoms with Gasteiger partial charge in [-0.05, 0) is 41.9 Å². The van der Waals surface area contributed by atoms with Crippen LogP contribution in [-0.2, 0) is 9.59 Å². The summed E-state index contributed by atoms with van der Waals surface area (Å²) in [6.45, 7) is 1.43. The highest BCUT2D eigenvalue weighted by Crippen LogP contribution is 2.27. The third-order valence-electron chi connectivity index (χ3n) is 3.84. The first-order chi connectivity index (χ1) is 14.3. The Morgan fingerprint density at radius 2 is 2.03 bits per heavy atom. The van der Waals surface area contributed by atoms with Crippen molar-refractivity contribution in [3.63, 3.8) is 0 Å². The van der Waals surface area contributed by atoms with E-state index in [-0.39, 0.29) is 46.7 Å². The quantitative estimate of drug-likeness (QED) is 0.175. The Balaban J connectivity index is 2.03. The molecule has 1 heterocycles. The summed E-state index contributed by atoms with van der Waals surface area (Å²) in [6, 6.07) is 2.85. The molecule has 12 heteroatoms. The van der Waals surface area contributed by atoms with Crippen molar-refractivity contribution < 1.29 is 32.6 Å². The van der Waals surface area contributed by atoms with Crippen LogP contribution in [0.1, 0.15) is 50.3 Å². The number of thioether (sulfide) groups is 1. The number of aromatic nitrogens is 2. The number of aliphatic imine (C=N–C) groups is 1. The predicted octanol–water partition coefficient (Wildman–Crippen LogP) is 4.01. The predicted molar refractivity (Wildman–Crippen MR) is 102 cm³/mol. The summed E-state index contributed by atoms with van der Waals surface area (Å²) in [5.74, 6) is -0.892. The molecule has 1 aromatic heterocycles. The molecule has 162 valence electrons. The molecule has 2 N–H and O–H groups in total. The molecular weight excluding hydrogens is 425 g/mol. The van der Waals surface area contributed by atoms with Gasteiger partial charge in [0.2, 0.25) is 0 Å². The summed E-state index contributed by atoms with van der Waals surface area (Å²) in [6.07, 6.45) is -1.78. The molecule has 0 saturated heterocycles. The molecule has 0 radical (unpaired) electrons. The van der Waals surface area contributed by atoms with E-state index in [1.165, 1.54) is 18.7 Å². The number of carbonyl (C=O) groups is 2. The lowest BCUT2D eigenvalue weighted by Gasteiger charge is -2.05. The third kappa shape index (κ3) is 6.95. The second-order valence-corrected chi connectivity index (χ2v) is 7.27. The van der Waals surface area contributed by atoms with Crippen LogP contribution in [0.4, 0.5) is 18.9 Å². The minimum atomic E-state index is -3.02. The van der Waals surface area contributed by atoms with Gasteiger partial charge in [0.25, 0.3) is 6.43 Å². The van der Waals surface area contributed by atoms with Gasteiger partial charge < -0.3 is 4.79 Å². The summed E-state index contributed by atoms with van der Waals surface area (Å²) in [5, 5.41) is 17.0. The zero-order chi connectivity index (χ0) is 22.1. The van der Waals surface area contributed by atoms with Gasteiger partial charge in [0.05, 0.1) is 11.3 Å². The highest BCUT2D eigenvalue weighted by Gasteiger charge is 2.18. The zero-order valence-electron chi connectivity index (χ0n) is 15.9. The number of hydrogen-bond donors (Lipinski definition) is 2. The Bertz CT molecular complexity index is 921. The lowest BCUT2D eigenvalue weighted by molar-refractivity contribution is -0.123. The first-order valence-corrected chi connectivity index (χ1v) is 9.83. The standard InChI is InChI=1S/C18H19F3N4O4S/c1-10(26)4-6-12(27)3-2-8-30-18-15(24-29-25-18)17(23-28)22-11-5-7-14(19)13(9-11)16(20)21/h5,7,9,16,28H,2-4,6,8H2,1H3,(H,22,23). The molecule has 30 heavy (non-hydrogen) atoms. The van der Waals surface area contributed by atoms with Gasteiger partial charge in [-0.15, -0.1) is 11.8 Å². The lowest BCUT2D eigenvalue weighted by atomic mass is 10.1. The van der Waals surface area contributed by atoms with Crippen LogP contribution in [0.2, 0.25) is 0 Å². The number of benzene rings is 1. The molecule has 0 spiro atoms. The normalized spacial score (nSPS) is 11.7. The average molecular weight is 444 g/mol. The molecule has 0 atom stereocenters. The Kier molecular flexibility index (Phi) is 8.99. The Morgan fingerprint density at radius 1 is 1.27 bits per heavy atom. The molecule has 2 aromatic rings. The molecule has 0 aliphatic rings. The number of amidine groups is 1. The molecule has 0 fully saturated rings. The van der Waals surface area contributed by atoms with Crippen LogP contribution in [0.15, 0.2) is 32.8 Å². The highest BCUT2D eigenvalue weighted by atomic mass is 32.2. The molecule has 0 bridgehead atoms. The average Bonchev–Trinajstić information content (AvgIpc) is 3.17. The van der Waals surface area contributed by atoms with Gasteiger partial charge in [0.1, 0.15) is 17.4 Å². The summed E-state index contributed by atoms with van der Waals surface area (Å²) in [7, 11) is 0. The minimum Gasteiger partial charge on any atom is -0.300 e. The van der Waals surface area contributed by atoms with Crippen LogP contribution in [0.25, 0.3) is 0 Å². The van der Waals surface area contributed by atoms with Crippen molar-refractivity contribution in [2.45, 2.75) is 44.1 Å². The van der Waals surface area contributed by atoms with Gasteiger partial charge in [0.15, 0.2) is 16.6 Å². The second kappa shape index (κ2) is 11.5. The van der Waals surface area contributed by atoms with Crippen LogP contribution >= 0.6 is 11.8 Å². The lowest BCUT2D eigenvalue weighted by Crippen LogP contribution is -2.21. The van der Waals surface area contributed by atoms with E-state index in [0.717, 1.165) is 18.2 Å². The molecule has 0 saturated carbocycles. The van der Waals surface area contributed by atoms with Gasteiger partial charge in [-0.1, -0.05) is 0 Å². The van der Waals surface area contributed by atoms with E-state index in [0.29, 0.717) is 18.6 Å². The van der Waals surface area contributed by atoms with Gasteiger partial charge in [-0.25, -0.2) is 22.8 Å². The Morgan fingerprint density at radius 3 is 2.70 bits per heavy atom. The molecule has 0 aliphatic heterocycles. The number of ketones is 2. The van der Waals surface area contributed by atoms with Crippen molar-refractivity contribution in [1.82, 2.24) is 15.8 Å². The molecular formula is C18H19F3N4O4S. The zero-order valence-corrected chi connectivity index (χ0v) is 16.7. The van der Waals surface area contributed by atoms with E-state index in [9.17, 15) is 28.0 Å². The minimum absolute atomic E-state index is 0.0188. The van der Waals surface area contributed by atoms with Crippen molar-refractivity contribution in [3.05, 3.63) is 35.3 Å². The van der Waals surface area contributed by atoms with Crippen LogP contribution < -0.4 is 5.48 Å². The van der Waals surface area contributed by atoms with Crippen molar-refractivity contribution in [3.8, 4) is 0 Å². The van der Waals surface area contributed by atoms with Gasteiger partial charge in [-0.3, -0.25) is 15.5 Å². The van der Waals surface area contributed by atoms with E-state index in [4.69, 9.17) is 0 Å². The van der Waals surface area contributed by atoms with Gasteiger partial charge >= 0.3 is 0 Å². The van der Waals surface area contributed by atoms with Crippen LogP contribution in [0.3, 0.4) is 0 Å². The van der Waals surface area contributed by atoms with E-state index >= 15 is 0 Å². The Labute approximate surface area is 173 Å². The fourth-order valence-corrected chi connectivity index (χ4v) is 3.17. The first kappa shape index (κ1) is 23.5. The van der Waals surface area contributed by atoms with Crippen molar-refractivity contribution in [2.24, 2.45) is 4.99 Å². The molecule has 0 aliphatic carbocycles.